The summed E-state index contributed by atoms with van der Waals surface area (Å²) in [6.07, 6.45) is 3.34. The zero-order chi connectivity index (χ0) is 16.3. The lowest BCUT2D eigenvalue weighted by atomic mass is 9.94. The summed E-state index contributed by atoms with van der Waals surface area (Å²) in [5.41, 5.74) is 0.513. The van der Waals surface area contributed by atoms with Gasteiger partial charge in [-0.1, -0.05) is 26.0 Å². The van der Waals surface area contributed by atoms with Crippen LogP contribution in [-0.4, -0.2) is 17.7 Å². The molecule has 1 aliphatic heterocycles. The van der Waals surface area contributed by atoms with Crippen LogP contribution < -0.4 is 14.8 Å². The van der Waals surface area contributed by atoms with Crippen LogP contribution in [0.15, 0.2) is 42.6 Å². The van der Waals surface area contributed by atoms with Crippen LogP contribution in [0.25, 0.3) is 0 Å². The molecule has 2 aliphatic rings. The van der Waals surface area contributed by atoms with Gasteiger partial charge in [0, 0.05) is 6.20 Å². The molecule has 4 rings (SSSR count). The smallest absolute Gasteiger partial charge is 0.236 e. The van der Waals surface area contributed by atoms with E-state index in [4.69, 9.17) is 9.47 Å². The molecule has 0 atom stereocenters. The van der Waals surface area contributed by atoms with E-state index in [1.165, 1.54) is 0 Å². The number of ether oxygens (including phenoxy) is 2. The minimum Gasteiger partial charge on any atom is -0.454 e. The van der Waals surface area contributed by atoms with Crippen molar-refractivity contribution in [3.8, 4) is 11.5 Å². The van der Waals surface area contributed by atoms with Crippen molar-refractivity contribution in [2.24, 2.45) is 0 Å². The van der Waals surface area contributed by atoms with E-state index in [1.54, 1.807) is 12.3 Å². The number of carbonyl (C=O) groups is 1. The Kier molecular flexibility index (Phi) is 4.19. The van der Waals surface area contributed by atoms with Crippen LogP contribution in [-0.2, 0) is 10.2 Å². The summed E-state index contributed by atoms with van der Waals surface area (Å²) in [6.45, 7) is 4.24. The van der Waals surface area contributed by atoms with E-state index in [1.807, 2.05) is 44.2 Å². The Morgan fingerprint density at radius 1 is 1.13 bits per heavy atom. The third-order valence-electron chi connectivity index (χ3n) is 4.02. The van der Waals surface area contributed by atoms with Crippen molar-refractivity contribution in [1.82, 2.24) is 4.98 Å². The summed E-state index contributed by atoms with van der Waals surface area (Å²) >= 11 is 0. The van der Waals surface area contributed by atoms with Crippen molar-refractivity contribution in [3.63, 3.8) is 0 Å². The zero-order valence-electron chi connectivity index (χ0n) is 13.3. The number of amides is 1. The van der Waals surface area contributed by atoms with E-state index in [-0.39, 0.29) is 12.7 Å². The quantitative estimate of drug-likeness (QED) is 0.942. The molecule has 5 nitrogen and oxygen atoms in total. The van der Waals surface area contributed by atoms with E-state index >= 15 is 0 Å². The Hall–Kier alpha value is -2.56. The second kappa shape index (κ2) is 6.28. The van der Waals surface area contributed by atoms with Crippen LogP contribution in [0.5, 0.6) is 11.5 Å². The zero-order valence-corrected chi connectivity index (χ0v) is 13.3. The lowest BCUT2D eigenvalue weighted by molar-refractivity contribution is -0.118. The summed E-state index contributed by atoms with van der Waals surface area (Å²) in [4.78, 5) is 16.7. The second-order valence-corrected chi connectivity index (χ2v) is 5.32. The van der Waals surface area contributed by atoms with Crippen LogP contribution >= 0.6 is 0 Å². The van der Waals surface area contributed by atoms with Gasteiger partial charge in [-0.25, -0.2) is 4.98 Å². The van der Waals surface area contributed by atoms with Gasteiger partial charge < -0.3 is 14.8 Å². The number of hydrogen-bond donors (Lipinski definition) is 1. The highest BCUT2D eigenvalue weighted by Gasteiger charge is 2.51. The molecule has 5 heteroatoms. The summed E-state index contributed by atoms with van der Waals surface area (Å²) in [7, 11) is 0. The largest absolute Gasteiger partial charge is 0.454 e. The third kappa shape index (κ3) is 2.86. The third-order valence-corrected chi connectivity index (χ3v) is 4.02. The molecule has 120 valence electrons. The van der Waals surface area contributed by atoms with Gasteiger partial charge in [0.05, 0.1) is 5.41 Å². The van der Waals surface area contributed by atoms with Crippen molar-refractivity contribution >= 4 is 11.7 Å². The van der Waals surface area contributed by atoms with Gasteiger partial charge in [0.2, 0.25) is 12.7 Å². The summed E-state index contributed by atoms with van der Waals surface area (Å²) in [5.74, 6) is 2.01. The van der Waals surface area contributed by atoms with E-state index in [0.717, 1.165) is 24.2 Å². The number of rotatable bonds is 3. The number of hydrogen-bond acceptors (Lipinski definition) is 4. The average Bonchev–Trinajstić information content (AvgIpc) is 3.29. The Morgan fingerprint density at radius 2 is 1.91 bits per heavy atom. The second-order valence-electron chi connectivity index (χ2n) is 5.32. The lowest BCUT2D eigenvalue weighted by Gasteiger charge is -2.15. The number of anilines is 1. The first kappa shape index (κ1) is 15.3. The highest BCUT2D eigenvalue weighted by atomic mass is 16.7. The van der Waals surface area contributed by atoms with Crippen molar-refractivity contribution < 1.29 is 14.3 Å². The fraction of sp³-hybridized carbons (Fsp3) is 0.333. The maximum Gasteiger partial charge on any atom is 0.236 e. The van der Waals surface area contributed by atoms with Crippen LogP contribution in [0.2, 0.25) is 0 Å². The molecule has 0 radical (unpaired) electrons. The Bertz CT molecular complexity index is 697. The number of carbonyl (C=O) groups excluding carboxylic acids is 1. The molecule has 1 aliphatic carbocycles. The molecular weight excluding hydrogens is 292 g/mol. The van der Waals surface area contributed by atoms with Gasteiger partial charge in [0.25, 0.3) is 0 Å². The molecule has 23 heavy (non-hydrogen) atoms. The summed E-state index contributed by atoms with van der Waals surface area (Å²) in [5, 5.41) is 2.89. The Morgan fingerprint density at radius 3 is 2.61 bits per heavy atom. The van der Waals surface area contributed by atoms with Crippen molar-refractivity contribution in [2.75, 3.05) is 12.1 Å². The highest BCUT2D eigenvalue weighted by Crippen LogP contribution is 2.51. The van der Waals surface area contributed by atoms with Crippen LogP contribution in [0.3, 0.4) is 0 Å². The van der Waals surface area contributed by atoms with E-state index in [9.17, 15) is 4.79 Å². The SMILES string of the molecule is CC.O=C(Nc1ccccn1)C1(c2ccc3c(c2)OCO3)CC1. The van der Waals surface area contributed by atoms with E-state index < -0.39 is 5.41 Å². The molecule has 0 saturated heterocycles. The first-order valence-electron chi connectivity index (χ1n) is 7.91. The van der Waals surface area contributed by atoms with Crippen molar-refractivity contribution in [3.05, 3.63) is 48.2 Å². The van der Waals surface area contributed by atoms with Crippen LogP contribution in [0, 0.1) is 0 Å². The number of nitrogens with one attached hydrogen (secondary N) is 1. The van der Waals surface area contributed by atoms with Gasteiger partial charge in [-0.15, -0.1) is 0 Å². The summed E-state index contributed by atoms with van der Waals surface area (Å²) in [6, 6.07) is 11.2. The Labute approximate surface area is 135 Å². The molecule has 1 aromatic heterocycles. The van der Waals surface area contributed by atoms with Crippen LogP contribution in [0.1, 0.15) is 32.3 Å². The maximum absolute atomic E-state index is 12.6. The molecule has 1 aromatic carbocycles. The number of nitrogens with zero attached hydrogens (tertiary/aromatic N) is 1. The minimum absolute atomic E-state index is 0.0138. The van der Waals surface area contributed by atoms with Crippen molar-refractivity contribution in [1.29, 1.82) is 0 Å². The van der Waals surface area contributed by atoms with E-state index in [0.29, 0.717) is 11.6 Å². The monoisotopic (exact) mass is 312 g/mol. The molecule has 0 spiro atoms. The minimum atomic E-state index is -0.460. The normalized spacial score (nSPS) is 16.1. The first-order valence-corrected chi connectivity index (χ1v) is 7.91. The van der Waals surface area contributed by atoms with Gasteiger partial charge in [-0.3, -0.25) is 4.79 Å². The Balaban J connectivity index is 0.000000753. The standard InChI is InChI=1S/C16H14N2O3.C2H6/c19-15(18-14-3-1-2-8-17-14)16(6-7-16)11-4-5-12-13(9-11)21-10-20-12;1-2/h1-5,8-9H,6-7,10H2,(H,17,18,19);1-2H3. The number of fused-ring (bicyclic) bond motifs is 1. The maximum atomic E-state index is 12.6. The molecule has 0 unspecified atom stereocenters. The molecule has 1 fully saturated rings. The van der Waals surface area contributed by atoms with Gasteiger partial charge >= 0.3 is 0 Å². The number of pyridine rings is 1. The van der Waals surface area contributed by atoms with Crippen LogP contribution in [0.4, 0.5) is 5.82 Å². The first-order chi connectivity index (χ1) is 11.3. The highest BCUT2D eigenvalue weighted by molar-refractivity contribution is 6.00. The molecule has 2 heterocycles. The topological polar surface area (TPSA) is 60.5 Å². The van der Waals surface area contributed by atoms with Crippen molar-refractivity contribution in [2.45, 2.75) is 32.1 Å². The number of benzene rings is 1. The van der Waals surface area contributed by atoms with Gasteiger partial charge in [0.15, 0.2) is 11.5 Å². The molecule has 1 N–H and O–H groups in total. The number of aromatic nitrogens is 1. The molecule has 0 bridgehead atoms. The average molecular weight is 312 g/mol. The fourth-order valence-electron chi connectivity index (χ4n) is 2.64. The molecule has 1 saturated carbocycles. The lowest BCUT2D eigenvalue weighted by Crippen LogP contribution is -2.28. The molecular formula is C18H20N2O3. The van der Waals surface area contributed by atoms with E-state index in [2.05, 4.69) is 10.3 Å². The van der Waals surface area contributed by atoms with Gasteiger partial charge in [-0.2, -0.15) is 0 Å². The predicted octanol–water partition coefficient (Wildman–Crippen LogP) is 3.51. The van der Waals surface area contributed by atoms with Gasteiger partial charge in [-0.05, 0) is 42.7 Å². The fourth-order valence-corrected chi connectivity index (χ4v) is 2.64. The van der Waals surface area contributed by atoms with Gasteiger partial charge in [0.1, 0.15) is 5.82 Å². The molecule has 2 aromatic rings. The summed E-state index contributed by atoms with van der Waals surface area (Å²) < 4.78 is 10.7. The predicted molar refractivity (Wildman–Crippen MR) is 87.7 cm³/mol. The molecule has 1 amide bonds.